The SMILES string of the molecule is O=C1N=C(N2CCC(Cc3ccccc3)CC2)SC1=Cc1cn(-c2ccccc2)nc1-c1cccc(OCc2ccccc2Cl)c1. The molecule has 230 valence electrons. The molecule has 0 radical (unpaired) electrons. The number of benzene rings is 4. The van der Waals surface area contributed by atoms with Crippen LogP contribution in [0.3, 0.4) is 0 Å². The number of aliphatic imine (C=N–C) groups is 1. The van der Waals surface area contributed by atoms with E-state index in [9.17, 15) is 4.79 Å². The molecule has 0 atom stereocenters. The van der Waals surface area contributed by atoms with Gasteiger partial charge in [0.05, 0.1) is 10.6 Å². The molecular formula is C38H33ClN4O2S. The Hall–Kier alpha value is -4.59. The van der Waals surface area contributed by atoms with Gasteiger partial charge in [0.15, 0.2) is 5.17 Å². The lowest BCUT2D eigenvalue weighted by Crippen LogP contribution is -2.37. The molecule has 1 amide bonds. The zero-order chi connectivity index (χ0) is 31.3. The van der Waals surface area contributed by atoms with E-state index in [-0.39, 0.29) is 5.91 Å². The Labute approximate surface area is 278 Å². The fourth-order valence-corrected chi connectivity index (χ4v) is 7.04. The van der Waals surface area contributed by atoms with Gasteiger partial charge in [-0.1, -0.05) is 90.5 Å². The second-order valence-corrected chi connectivity index (χ2v) is 13.0. The first-order valence-electron chi connectivity index (χ1n) is 15.5. The average Bonchev–Trinajstić information content (AvgIpc) is 3.69. The Kier molecular flexibility index (Phi) is 9.03. The number of halogens is 1. The summed E-state index contributed by atoms with van der Waals surface area (Å²) in [7, 11) is 0. The Morgan fingerprint density at radius 2 is 1.63 bits per heavy atom. The molecule has 46 heavy (non-hydrogen) atoms. The van der Waals surface area contributed by atoms with Crippen LogP contribution in [0.1, 0.15) is 29.5 Å². The van der Waals surface area contributed by atoms with Crippen molar-refractivity contribution in [3.63, 3.8) is 0 Å². The maximum Gasteiger partial charge on any atom is 0.286 e. The molecule has 0 aliphatic carbocycles. The molecule has 0 bridgehead atoms. The lowest BCUT2D eigenvalue weighted by molar-refractivity contribution is -0.113. The Bertz CT molecular complexity index is 1900. The molecule has 2 aliphatic rings. The molecule has 0 N–H and O–H groups in total. The number of rotatable bonds is 8. The number of para-hydroxylation sites is 1. The van der Waals surface area contributed by atoms with Crippen LogP contribution in [0.5, 0.6) is 5.75 Å². The maximum atomic E-state index is 13.2. The first-order valence-corrected chi connectivity index (χ1v) is 16.7. The Balaban J connectivity index is 1.10. The van der Waals surface area contributed by atoms with Crippen LogP contribution in [0.2, 0.25) is 5.02 Å². The van der Waals surface area contributed by atoms with Gasteiger partial charge in [-0.3, -0.25) is 4.79 Å². The summed E-state index contributed by atoms with van der Waals surface area (Å²) >= 11 is 7.80. The van der Waals surface area contributed by atoms with Crippen molar-refractivity contribution in [1.29, 1.82) is 0 Å². The van der Waals surface area contributed by atoms with Gasteiger partial charge in [0.25, 0.3) is 5.91 Å². The summed E-state index contributed by atoms with van der Waals surface area (Å²) in [6.07, 6.45) is 7.16. The minimum Gasteiger partial charge on any atom is -0.489 e. The number of piperidine rings is 1. The summed E-state index contributed by atoms with van der Waals surface area (Å²) in [5.74, 6) is 1.15. The number of carbonyl (C=O) groups excluding carboxylic acids is 1. The second-order valence-electron chi connectivity index (χ2n) is 11.6. The summed E-state index contributed by atoms with van der Waals surface area (Å²) in [6, 6.07) is 36.2. The molecule has 3 heterocycles. The van der Waals surface area contributed by atoms with Crippen LogP contribution in [-0.4, -0.2) is 38.8 Å². The van der Waals surface area contributed by atoms with Crippen molar-refractivity contribution in [3.8, 4) is 22.7 Å². The van der Waals surface area contributed by atoms with Crippen molar-refractivity contribution in [2.75, 3.05) is 13.1 Å². The summed E-state index contributed by atoms with van der Waals surface area (Å²) in [6.45, 7) is 2.16. The van der Waals surface area contributed by atoms with Gasteiger partial charge >= 0.3 is 0 Å². The van der Waals surface area contributed by atoms with Crippen molar-refractivity contribution >= 4 is 40.5 Å². The van der Waals surface area contributed by atoms with E-state index in [2.05, 4.69) is 40.2 Å². The lowest BCUT2D eigenvalue weighted by Gasteiger charge is -2.32. The third-order valence-electron chi connectivity index (χ3n) is 8.37. The number of carbonyl (C=O) groups is 1. The minimum atomic E-state index is -0.207. The molecule has 8 heteroatoms. The third-order valence-corrected chi connectivity index (χ3v) is 9.78. The molecule has 1 aromatic heterocycles. The Morgan fingerprint density at radius 3 is 2.41 bits per heavy atom. The highest BCUT2D eigenvalue weighted by atomic mass is 35.5. The van der Waals surface area contributed by atoms with Crippen LogP contribution in [0, 0.1) is 5.92 Å². The molecule has 6 nitrogen and oxygen atoms in total. The van der Waals surface area contributed by atoms with Crippen molar-refractivity contribution in [2.24, 2.45) is 10.9 Å². The van der Waals surface area contributed by atoms with E-state index in [1.807, 2.05) is 95.8 Å². The van der Waals surface area contributed by atoms with Gasteiger partial charge < -0.3 is 9.64 Å². The van der Waals surface area contributed by atoms with E-state index >= 15 is 0 Å². The number of amides is 1. The van der Waals surface area contributed by atoms with E-state index < -0.39 is 0 Å². The van der Waals surface area contributed by atoms with Crippen LogP contribution in [0.4, 0.5) is 0 Å². The topological polar surface area (TPSA) is 59.7 Å². The van der Waals surface area contributed by atoms with Crippen LogP contribution in [0.25, 0.3) is 23.0 Å². The van der Waals surface area contributed by atoms with E-state index in [0.29, 0.717) is 28.2 Å². The average molecular weight is 645 g/mol. The van der Waals surface area contributed by atoms with Crippen molar-refractivity contribution in [2.45, 2.75) is 25.9 Å². The number of thioether (sulfide) groups is 1. The number of likely N-dealkylation sites (tertiary alicyclic amines) is 1. The molecule has 2 aliphatic heterocycles. The quantitative estimate of drug-likeness (QED) is 0.158. The van der Waals surface area contributed by atoms with E-state index in [1.54, 1.807) is 0 Å². The van der Waals surface area contributed by atoms with Crippen LogP contribution >= 0.6 is 23.4 Å². The summed E-state index contributed by atoms with van der Waals surface area (Å²) in [5.41, 5.74) is 5.71. The molecule has 5 aromatic rings. The fourth-order valence-electron chi connectivity index (χ4n) is 5.89. The number of aromatic nitrogens is 2. The van der Waals surface area contributed by atoms with Gasteiger partial charge in [0.2, 0.25) is 0 Å². The number of hydrogen-bond donors (Lipinski definition) is 0. The normalized spacial score (nSPS) is 16.2. The molecule has 4 aromatic carbocycles. The molecule has 7 rings (SSSR count). The summed E-state index contributed by atoms with van der Waals surface area (Å²) in [4.78, 5) is 20.5. The lowest BCUT2D eigenvalue weighted by atomic mass is 9.90. The van der Waals surface area contributed by atoms with Crippen LogP contribution in [-0.2, 0) is 17.8 Å². The smallest absolute Gasteiger partial charge is 0.286 e. The van der Waals surface area contributed by atoms with Gasteiger partial charge in [-0.25, -0.2) is 4.68 Å². The largest absolute Gasteiger partial charge is 0.489 e. The fraction of sp³-hybridized carbons (Fsp3) is 0.184. The van der Waals surface area contributed by atoms with Gasteiger partial charge in [-0.15, -0.1) is 0 Å². The predicted octanol–water partition coefficient (Wildman–Crippen LogP) is 8.70. The highest BCUT2D eigenvalue weighted by Gasteiger charge is 2.29. The van der Waals surface area contributed by atoms with Gasteiger partial charge in [-0.2, -0.15) is 10.1 Å². The van der Waals surface area contributed by atoms with E-state index in [1.165, 1.54) is 17.3 Å². The van der Waals surface area contributed by atoms with Crippen molar-refractivity contribution in [3.05, 3.63) is 142 Å². The molecule has 1 saturated heterocycles. The molecule has 0 saturated carbocycles. The minimum absolute atomic E-state index is 0.207. The maximum absolute atomic E-state index is 13.2. The first kappa shape index (κ1) is 30.1. The highest BCUT2D eigenvalue weighted by Crippen LogP contribution is 2.35. The zero-order valence-electron chi connectivity index (χ0n) is 25.3. The van der Waals surface area contributed by atoms with Crippen molar-refractivity contribution < 1.29 is 9.53 Å². The van der Waals surface area contributed by atoms with Crippen LogP contribution in [0.15, 0.2) is 125 Å². The van der Waals surface area contributed by atoms with E-state index in [4.69, 9.17) is 21.4 Å². The molecule has 0 spiro atoms. The zero-order valence-corrected chi connectivity index (χ0v) is 26.8. The highest BCUT2D eigenvalue weighted by molar-refractivity contribution is 8.18. The van der Waals surface area contributed by atoms with Gasteiger partial charge in [-0.05, 0) is 78.9 Å². The monoisotopic (exact) mass is 644 g/mol. The molecular weight excluding hydrogens is 612 g/mol. The second kappa shape index (κ2) is 13.8. The van der Waals surface area contributed by atoms with Gasteiger partial charge in [0.1, 0.15) is 18.1 Å². The summed E-state index contributed by atoms with van der Waals surface area (Å²) in [5, 5.41) is 6.44. The number of hydrogen-bond acceptors (Lipinski definition) is 5. The van der Waals surface area contributed by atoms with Gasteiger partial charge in [0, 0.05) is 41.0 Å². The summed E-state index contributed by atoms with van der Waals surface area (Å²) < 4.78 is 7.97. The van der Waals surface area contributed by atoms with Crippen molar-refractivity contribution in [1.82, 2.24) is 14.7 Å². The third kappa shape index (κ3) is 6.96. The number of nitrogens with zero attached hydrogens (tertiary/aromatic N) is 4. The molecule has 1 fully saturated rings. The van der Waals surface area contributed by atoms with Crippen LogP contribution < -0.4 is 4.74 Å². The number of amidine groups is 1. The molecule has 0 unspecified atom stereocenters. The Morgan fingerprint density at radius 1 is 0.891 bits per heavy atom. The predicted molar refractivity (Wildman–Crippen MR) is 187 cm³/mol. The number of ether oxygens (including phenoxy) is 1. The first-order chi connectivity index (χ1) is 22.6. The standard InChI is InChI=1S/C38H33ClN4O2S/c39-34-17-8-7-12-30(34)26-45-33-16-9-13-29(23-33)36-31(25-43(41-36)32-14-5-2-6-15-32)24-35-37(44)40-38(46-35)42-20-18-28(19-21-42)22-27-10-3-1-4-11-27/h1-17,23-25,28H,18-22,26H2. The van der Waals surface area contributed by atoms with E-state index in [0.717, 1.165) is 65.6 Å².